The van der Waals surface area contributed by atoms with Crippen molar-refractivity contribution in [3.05, 3.63) is 76.3 Å². The molecule has 8 nitrogen and oxygen atoms in total. The summed E-state index contributed by atoms with van der Waals surface area (Å²) in [7, 11) is 0. The summed E-state index contributed by atoms with van der Waals surface area (Å²) >= 11 is 0. The minimum atomic E-state index is -0.441. The van der Waals surface area contributed by atoms with Crippen LogP contribution < -0.4 is 0 Å². The zero-order chi connectivity index (χ0) is 31.7. The van der Waals surface area contributed by atoms with E-state index in [1.165, 1.54) is 0 Å². The Hall–Kier alpha value is -3.94. The van der Waals surface area contributed by atoms with E-state index in [4.69, 9.17) is 0 Å². The number of hydrogen-bond donors (Lipinski definition) is 4. The summed E-state index contributed by atoms with van der Waals surface area (Å²) in [5, 5.41) is 46.0. The molecule has 0 aliphatic heterocycles. The average molecular weight is 583 g/mol. The molecule has 2 heterocycles. The molecule has 0 saturated carbocycles. The Morgan fingerprint density at radius 1 is 0.698 bits per heavy atom. The molecule has 0 saturated heterocycles. The Morgan fingerprint density at radius 3 is 1.70 bits per heavy atom. The van der Waals surface area contributed by atoms with Crippen molar-refractivity contribution in [3.63, 3.8) is 0 Å². The number of aromatic amines is 2. The van der Waals surface area contributed by atoms with Crippen molar-refractivity contribution in [1.82, 2.24) is 30.8 Å². The number of aromatic nitrogens is 6. The minimum Gasteiger partial charge on any atom is -0.504 e. The Morgan fingerprint density at radius 2 is 1.19 bits per heavy atom. The molecule has 4 aromatic rings. The monoisotopic (exact) mass is 582 g/mol. The molecular weight excluding hydrogens is 536 g/mol. The SMILES string of the molecule is C=C1C=C(O)C(O)=C(c2cc(C(C)(C)CC(C)(C)C)c3n[nH]nc3c2)C1c1cc(C(C)(C)CC(C)(C)C)c2n[nH]nc2c1. The Bertz CT molecular complexity index is 1790. The fourth-order valence-electron chi connectivity index (χ4n) is 7.59. The average Bonchev–Trinajstić information content (AvgIpc) is 3.51. The number of allylic oxidation sites excluding steroid dienone is 3. The Balaban J connectivity index is 1.75. The topological polar surface area (TPSA) is 124 Å². The summed E-state index contributed by atoms with van der Waals surface area (Å²) in [5.41, 5.74) is 7.82. The second-order valence-electron chi connectivity index (χ2n) is 16.0. The Kier molecular flexibility index (Phi) is 7.14. The Labute approximate surface area is 254 Å². The molecule has 1 atom stereocenters. The highest BCUT2D eigenvalue weighted by atomic mass is 16.3. The number of nitrogens with one attached hydrogen (secondary N) is 2. The molecule has 4 N–H and O–H groups in total. The van der Waals surface area contributed by atoms with Crippen LogP contribution in [-0.4, -0.2) is 41.0 Å². The van der Waals surface area contributed by atoms with Gasteiger partial charge in [-0.25, -0.2) is 0 Å². The van der Waals surface area contributed by atoms with E-state index in [1.54, 1.807) is 6.08 Å². The van der Waals surface area contributed by atoms with Crippen molar-refractivity contribution < 1.29 is 10.2 Å². The van der Waals surface area contributed by atoms with E-state index in [1.807, 2.05) is 12.1 Å². The smallest absolute Gasteiger partial charge is 0.162 e. The van der Waals surface area contributed by atoms with Crippen LogP contribution in [0.5, 0.6) is 0 Å². The lowest BCUT2D eigenvalue weighted by atomic mass is 9.69. The first-order valence-corrected chi connectivity index (χ1v) is 15.0. The van der Waals surface area contributed by atoms with Crippen LogP contribution in [-0.2, 0) is 10.8 Å². The van der Waals surface area contributed by atoms with E-state index in [0.717, 1.165) is 51.6 Å². The second-order valence-corrected chi connectivity index (χ2v) is 16.0. The van der Waals surface area contributed by atoms with Gasteiger partial charge in [0.05, 0.1) is 0 Å². The highest BCUT2D eigenvalue weighted by Crippen LogP contribution is 2.48. The summed E-state index contributed by atoms with van der Waals surface area (Å²) in [5.74, 6) is -0.817. The second kappa shape index (κ2) is 10.1. The summed E-state index contributed by atoms with van der Waals surface area (Å²) in [6, 6.07) is 8.21. The van der Waals surface area contributed by atoms with Crippen molar-refractivity contribution in [3.8, 4) is 0 Å². The van der Waals surface area contributed by atoms with Crippen LogP contribution in [0.2, 0.25) is 0 Å². The van der Waals surface area contributed by atoms with Gasteiger partial charge in [-0.15, -0.1) is 0 Å². The minimum absolute atomic E-state index is 0.0723. The van der Waals surface area contributed by atoms with Crippen LogP contribution >= 0.6 is 0 Å². The van der Waals surface area contributed by atoms with Gasteiger partial charge in [0.1, 0.15) is 22.1 Å². The van der Waals surface area contributed by atoms with E-state index in [0.29, 0.717) is 16.7 Å². The number of hydrogen-bond acceptors (Lipinski definition) is 6. The fourth-order valence-corrected chi connectivity index (χ4v) is 7.59. The van der Waals surface area contributed by atoms with Crippen LogP contribution in [0.4, 0.5) is 0 Å². The van der Waals surface area contributed by atoms with Gasteiger partial charge < -0.3 is 10.2 Å². The van der Waals surface area contributed by atoms with Gasteiger partial charge in [0.2, 0.25) is 0 Å². The lowest BCUT2D eigenvalue weighted by Gasteiger charge is -2.35. The lowest BCUT2D eigenvalue weighted by molar-refractivity contribution is 0.284. The third-order valence-electron chi connectivity index (χ3n) is 8.39. The molecule has 0 amide bonds. The van der Waals surface area contributed by atoms with E-state index in [2.05, 4.69) is 119 Å². The van der Waals surface area contributed by atoms with Crippen LogP contribution in [0.15, 0.2) is 54.0 Å². The normalized spacial score (nSPS) is 17.3. The van der Waals surface area contributed by atoms with E-state index < -0.39 is 5.92 Å². The first-order chi connectivity index (χ1) is 19.8. The molecule has 0 fully saturated rings. The van der Waals surface area contributed by atoms with Crippen LogP contribution in [0.25, 0.3) is 27.6 Å². The fraction of sp³-hybridized carbons (Fsp3) is 0.486. The molecule has 8 heteroatoms. The van der Waals surface area contributed by atoms with Gasteiger partial charge in [0.15, 0.2) is 11.5 Å². The predicted octanol–water partition coefficient (Wildman–Crippen LogP) is 8.72. The molecule has 5 rings (SSSR count). The van der Waals surface area contributed by atoms with Crippen molar-refractivity contribution in [2.75, 3.05) is 0 Å². The molecular formula is C35H46N6O2. The van der Waals surface area contributed by atoms with E-state index in [-0.39, 0.29) is 33.2 Å². The number of aliphatic hydroxyl groups is 2. The standard InChI is InChI=1S/C35H46N6O2/c1-19-12-26(42)31(43)28(21-14-23(30-25(16-21)37-41-39-30)35(10,11)18-33(5,6)7)27(19)20-13-22(29-24(15-20)36-40-38-29)34(8,9)17-32(2,3)4/h12-16,27,42-43H,1,17-18H2,2-11H3,(H,36,38,40)(H,37,39,41). The van der Waals surface area contributed by atoms with E-state index in [9.17, 15) is 10.2 Å². The van der Waals surface area contributed by atoms with Crippen LogP contribution in [0, 0.1) is 10.8 Å². The first-order valence-electron chi connectivity index (χ1n) is 15.0. The van der Waals surface area contributed by atoms with Gasteiger partial charge in [-0.3, -0.25) is 0 Å². The largest absolute Gasteiger partial charge is 0.504 e. The maximum absolute atomic E-state index is 11.5. The van der Waals surface area contributed by atoms with Gasteiger partial charge >= 0.3 is 0 Å². The third kappa shape index (κ3) is 5.84. The molecule has 2 aromatic carbocycles. The molecule has 0 spiro atoms. The highest BCUT2D eigenvalue weighted by Gasteiger charge is 2.36. The zero-order valence-electron chi connectivity index (χ0n) is 27.3. The number of H-pyrrole nitrogens is 2. The summed E-state index contributed by atoms with van der Waals surface area (Å²) < 4.78 is 0. The molecule has 0 radical (unpaired) electrons. The van der Waals surface area contributed by atoms with Crippen molar-refractivity contribution in [2.45, 2.75) is 98.8 Å². The molecule has 43 heavy (non-hydrogen) atoms. The third-order valence-corrected chi connectivity index (χ3v) is 8.39. The number of fused-ring (bicyclic) bond motifs is 2. The maximum atomic E-state index is 11.5. The first kappa shape index (κ1) is 30.5. The van der Waals surface area contributed by atoms with Crippen molar-refractivity contribution in [2.24, 2.45) is 10.8 Å². The van der Waals surface area contributed by atoms with Gasteiger partial charge in [0, 0.05) is 11.5 Å². The van der Waals surface area contributed by atoms with E-state index >= 15 is 0 Å². The predicted molar refractivity (Wildman–Crippen MR) is 174 cm³/mol. The highest BCUT2D eigenvalue weighted by molar-refractivity contribution is 5.90. The van der Waals surface area contributed by atoms with Gasteiger partial charge in [0.25, 0.3) is 0 Å². The van der Waals surface area contributed by atoms with Crippen molar-refractivity contribution >= 4 is 27.6 Å². The van der Waals surface area contributed by atoms with Crippen molar-refractivity contribution in [1.29, 1.82) is 0 Å². The molecule has 228 valence electrons. The number of aliphatic hydroxyl groups excluding tert-OH is 2. The molecule has 1 unspecified atom stereocenters. The number of nitrogens with zero attached hydrogens (tertiary/aromatic N) is 4. The quantitative estimate of drug-likeness (QED) is 0.180. The lowest BCUT2D eigenvalue weighted by Crippen LogP contribution is -2.26. The van der Waals surface area contributed by atoms with Gasteiger partial charge in [-0.2, -0.15) is 30.8 Å². The summed E-state index contributed by atoms with van der Waals surface area (Å²) in [6.45, 7) is 26.7. The molecule has 2 aromatic heterocycles. The summed E-state index contributed by atoms with van der Waals surface area (Å²) in [4.78, 5) is 0. The zero-order valence-corrected chi connectivity index (χ0v) is 27.3. The maximum Gasteiger partial charge on any atom is 0.162 e. The number of rotatable bonds is 6. The summed E-state index contributed by atoms with van der Waals surface area (Å²) in [6.07, 6.45) is 3.39. The molecule has 1 aliphatic rings. The molecule has 1 aliphatic carbocycles. The van der Waals surface area contributed by atoms with Crippen LogP contribution in [0.1, 0.15) is 110 Å². The van der Waals surface area contributed by atoms with Crippen LogP contribution in [0.3, 0.4) is 0 Å². The molecule has 0 bridgehead atoms. The van der Waals surface area contributed by atoms with Gasteiger partial charge in [-0.1, -0.05) is 81.9 Å². The number of benzene rings is 2. The van der Waals surface area contributed by atoms with Gasteiger partial charge in [-0.05, 0) is 86.6 Å².